The van der Waals surface area contributed by atoms with Gasteiger partial charge in [0.15, 0.2) is 5.75 Å². The first kappa shape index (κ1) is 14.3. The number of halogens is 1. The molecule has 1 aliphatic rings. The molecule has 1 unspecified atom stereocenters. The maximum Gasteiger partial charge on any atom is 0.274 e. The van der Waals surface area contributed by atoms with E-state index < -0.39 is 11.0 Å². The highest BCUT2D eigenvalue weighted by atomic mass is 35.5. The highest BCUT2D eigenvalue weighted by Crippen LogP contribution is 2.39. The molecule has 0 bridgehead atoms. The van der Waals surface area contributed by atoms with Crippen molar-refractivity contribution in [1.29, 1.82) is 0 Å². The summed E-state index contributed by atoms with van der Waals surface area (Å²) < 4.78 is 0. The second-order valence-corrected chi connectivity index (χ2v) is 5.24. The van der Waals surface area contributed by atoms with Crippen LogP contribution in [0, 0.1) is 10.1 Å². The quantitative estimate of drug-likeness (QED) is 0.491. The molecule has 112 valence electrons. The van der Waals surface area contributed by atoms with Gasteiger partial charge < -0.3 is 4.84 Å². The minimum atomic E-state index is -0.468. The predicted octanol–water partition coefficient (Wildman–Crippen LogP) is 3.52. The summed E-state index contributed by atoms with van der Waals surface area (Å²) in [5.41, 5.74) is 0.436. The molecule has 1 heterocycles. The van der Waals surface area contributed by atoms with E-state index in [0.29, 0.717) is 16.3 Å². The van der Waals surface area contributed by atoms with Gasteiger partial charge in [0.05, 0.1) is 16.9 Å². The first-order valence-corrected chi connectivity index (χ1v) is 6.93. The van der Waals surface area contributed by atoms with Gasteiger partial charge in [-0.1, -0.05) is 23.7 Å². The Morgan fingerprint density at radius 3 is 2.50 bits per heavy atom. The molecule has 3 rings (SSSR count). The van der Waals surface area contributed by atoms with Crippen LogP contribution in [0.5, 0.6) is 5.75 Å². The Morgan fingerprint density at radius 2 is 1.86 bits per heavy atom. The third kappa shape index (κ3) is 2.60. The normalized spacial score (nSPS) is 17.0. The van der Waals surface area contributed by atoms with Gasteiger partial charge in [-0.2, -0.15) is 5.06 Å². The van der Waals surface area contributed by atoms with Gasteiger partial charge >= 0.3 is 0 Å². The van der Waals surface area contributed by atoms with Crippen molar-refractivity contribution in [3.05, 3.63) is 69.2 Å². The van der Waals surface area contributed by atoms with Crippen LogP contribution in [-0.2, 0) is 4.79 Å². The van der Waals surface area contributed by atoms with Crippen molar-refractivity contribution in [3.8, 4) is 5.75 Å². The predicted molar refractivity (Wildman–Crippen MR) is 79.4 cm³/mol. The summed E-state index contributed by atoms with van der Waals surface area (Å²) in [6, 6.07) is 12.4. The number of nitro benzene ring substituents is 1. The Kier molecular flexibility index (Phi) is 3.68. The number of hydroxylamine groups is 2. The lowest BCUT2D eigenvalue weighted by Gasteiger charge is -2.38. The van der Waals surface area contributed by atoms with Crippen LogP contribution in [0.3, 0.4) is 0 Å². The van der Waals surface area contributed by atoms with Gasteiger partial charge in [-0.3, -0.25) is 14.9 Å². The van der Waals surface area contributed by atoms with E-state index in [-0.39, 0.29) is 18.0 Å². The first-order chi connectivity index (χ1) is 10.6. The zero-order valence-electron chi connectivity index (χ0n) is 11.3. The average Bonchev–Trinajstić information content (AvgIpc) is 2.52. The van der Waals surface area contributed by atoms with Crippen LogP contribution in [0.4, 0.5) is 5.69 Å². The summed E-state index contributed by atoms with van der Waals surface area (Å²) in [7, 11) is 0. The summed E-state index contributed by atoms with van der Waals surface area (Å²) in [6.45, 7) is 0. The van der Waals surface area contributed by atoms with Crippen molar-refractivity contribution in [1.82, 2.24) is 5.06 Å². The van der Waals surface area contributed by atoms with E-state index >= 15 is 0 Å². The fraction of sp³-hybridized carbons (Fsp3) is 0.133. The number of para-hydroxylation sites is 1. The lowest BCUT2D eigenvalue weighted by molar-refractivity contribution is -0.386. The first-order valence-electron chi connectivity index (χ1n) is 6.55. The molecular formula is C15H11ClN2O4. The highest BCUT2D eigenvalue weighted by molar-refractivity contribution is 6.30. The number of β-lactam (4-membered cyclic amide) rings is 1. The molecule has 6 nitrogen and oxygen atoms in total. The van der Waals surface area contributed by atoms with Crippen molar-refractivity contribution in [2.75, 3.05) is 0 Å². The number of nitro groups is 1. The number of nitrogens with zero attached hydrogens (tertiary/aromatic N) is 2. The second kappa shape index (κ2) is 5.65. The topological polar surface area (TPSA) is 72.7 Å². The molecule has 22 heavy (non-hydrogen) atoms. The van der Waals surface area contributed by atoms with Crippen molar-refractivity contribution in [2.24, 2.45) is 0 Å². The molecule has 2 aromatic carbocycles. The van der Waals surface area contributed by atoms with Crippen LogP contribution < -0.4 is 4.84 Å². The molecule has 0 spiro atoms. The average molecular weight is 319 g/mol. The van der Waals surface area contributed by atoms with Crippen LogP contribution in [0.15, 0.2) is 48.5 Å². The van der Waals surface area contributed by atoms with E-state index in [4.69, 9.17) is 16.4 Å². The molecule has 1 saturated heterocycles. The molecule has 0 radical (unpaired) electrons. The van der Waals surface area contributed by atoms with Crippen LogP contribution in [-0.4, -0.2) is 15.9 Å². The third-order valence-corrected chi connectivity index (χ3v) is 3.66. The van der Waals surface area contributed by atoms with E-state index in [0.717, 1.165) is 5.06 Å². The number of hydrogen-bond acceptors (Lipinski definition) is 4. The highest BCUT2D eigenvalue weighted by Gasteiger charge is 2.42. The number of benzene rings is 2. The summed E-state index contributed by atoms with van der Waals surface area (Å²) in [4.78, 5) is 27.9. The molecule has 0 N–H and O–H groups in total. The van der Waals surface area contributed by atoms with Crippen molar-refractivity contribution in [3.63, 3.8) is 0 Å². The van der Waals surface area contributed by atoms with Gasteiger partial charge in [0.1, 0.15) is 6.04 Å². The van der Waals surface area contributed by atoms with Crippen LogP contribution in [0.25, 0.3) is 0 Å². The fourth-order valence-electron chi connectivity index (χ4n) is 2.30. The Bertz CT molecular complexity index is 733. The Hall–Kier alpha value is -2.60. The van der Waals surface area contributed by atoms with Crippen molar-refractivity contribution in [2.45, 2.75) is 12.5 Å². The lowest BCUT2D eigenvalue weighted by atomic mass is 9.95. The van der Waals surface area contributed by atoms with E-state index in [2.05, 4.69) is 0 Å². The van der Waals surface area contributed by atoms with Gasteiger partial charge in [0, 0.05) is 11.1 Å². The van der Waals surface area contributed by atoms with Crippen molar-refractivity contribution < 1.29 is 14.6 Å². The Morgan fingerprint density at radius 1 is 1.18 bits per heavy atom. The fourth-order valence-corrected chi connectivity index (χ4v) is 2.42. The number of amides is 1. The maximum absolute atomic E-state index is 11.8. The van der Waals surface area contributed by atoms with Crippen LogP contribution in [0.2, 0.25) is 5.02 Å². The lowest BCUT2D eigenvalue weighted by Crippen LogP contribution is -2.48. The minimum Gasteiger partial charge on any atom is -0.376 e. The number of carbonyl (C=O) groups excluding carboxylic acids is 1. The molecule has 0 saturated carbocycles. The van der Waals surface area contributed by atoms with E-state index in [1.807, 2.05) is 0 Å². The summed E-state index contributed by atoms with van der Waals surface area (Å²) in [6.07, 6.45) is 0.179. The Balaban J connectivity index is 1.85. The number of rotatable bonds is 4. The molecule has 1 fully saturated rings. The number of hydrogen-bond donors (Lipinski definition) is 0. The van der Waals surface area contributed by atoms with Gasteiger partial charge in [0.2, 0.25) is 0 Å². The van der Waals surface area contributed by atoms with Gasteiger partial charge in [-0.25, -0.2) is 0 Å². The standard InChI is InChI=1S/C15H11ClN2O4/c16-10-5-7-11(8-6-10)22-17-14(9-15(17)19)12-3-1-2-4-13(12)18(20)21/h1-8,14H,9H2. The molecule has 1 atom stereocenters. The van der Waals surface area contributed by atoms with E-state index in [1.165, 1.54) is 6.07 Å². The molecule has 1 aliphatic heterocycles. The van der Waals surface area contributed by atoms with Gasteiger partial charge in [-0.05, 0) is 30.3 Å². The third-order valence-electron chi connectivity index (χ3n) is 3.41. The van der Waals surface area contributed by atoms with Crippen LogP contribution >= 0.6 is 11.6 Å². The number of carbonyl (C=O) groups is 1. The van der Waals surface area contributed by atoms with Gasteiger partial charge in [0.25, 0.3) is 11.6 Å². The molecule has 0 aromatic heterocycles. The monoisotopic (exact) mass is 318 g/mol. The van der Waals surface area contributed by atoms with Crippen LogP contribution in [0.1, 0.15) is 18.0 Å². The van der Waals surface area contributed by atoms with Crippen molar-refractivity contribution >= 4 is 23.2 Å². The Labute approximate surface area is 131 Å². The molecule has 2 aromatic rings. The molecule has 1 amide bonds. The summed E-state index contributed by atoms with van der Waals surface area (Å²) >= 11 is 5.79. The maximum atomic E-state index is 11.8. The zero-order chi connectivity index (χ0) is 15.7. The summed E-state index contributed by atoms with van der Waals surface area (Å²) in [5, 5.41) is 12.8. The molecular weight excluding hydrogens is 308 g/mol. The van der Waals surface area contributed by atoms with E-state index in [1.54, 1.807) is 42.5 Å². The molecule has 7 heteroatoms. The zero-order valence-corrected chi connectivity index (χ0v) is 12.1. The molecule has 0 aliphatic carbocycles. The van der Waals surface area contributed by atoms with E-state index in [9.17, 15) is 14.9 Å². The second-order valence-electron chi connectivity index (χ2n) is 4.80. The largest absolute Gasteiger partial charge is 0.376 e. The van der Waals surface area contributed by atoms with Gasteiger partial charge in [-0.15, -0.1) is 0 Å². The minimum absolute atomic E-state index is 0.0234. The summed E-state index contributed by atoms with van der Waals surface area (Å²) in [5.74, 6) is 0.221. The SMILES string of the molecule is O=C1CC(c2ccccc2[N+](=O)[O-])N1Oc1ccc(Cl)cc1. The smallest absolute Gasteiger partial charge is 0.274 e.